The first-order valence-electron chi connectivity index (χ1n) is 6.29. The molecule has 0 aromatic carbocycles. The summed E-state index contributed by atoms with van der Waals surface area (Å²) in [6, 6.07) is -0.181. The zero-order valence-electron chi connectivity index (χ0n) is 11.6. The van der Waals surface area contributed by atoms with E-state index in [2.05, 4.69) is 30.7 Å². The Morgan fingerprint density at radius 2 is 2.40 bits per heavy atom. The van der Waals surface area contributed by atoms with Gasteiger partial charge in [-0.25, -0.2) is 4.98 Å². The third kappa shape index (κ3) is 3.56. The van der Waals surface area contributed by atoms with Crippen molar-refractivity contribution in [2.45, 2.75) is 38.5 Å². The lowest BCUT2D eigenvalue weighted by molar-refractivity contribution is -0.119. The summed E-state index contributed by atoms with van der Waals surface area (Å²) in [4.78, 5) is 16.0. The fraction of sp³-hybridized carbons (Fsp3) is 0.545. The highest BCUT2D eigenvalue weighted by molar-refractivity contribution is 7.99. The molecule has 2 N–H and O–H groups in total. The van der Waals surface area contributed by atoms with Crippen molar-refractivity contribution in [3.8, 4) is 0 Å². The predicted octanol–water partition coefficient (Wildman–Crippen LogP) is 0.694. The lowest BCUT2D eigenvalue weighted by atomic mass is 10.3. The first kappa shape index (κ1) is 14.5. The molecular weight excluding hydrogens is 278 g/mol. The number of aryl methyl sites for hydroxylation is 2. The minimum Gasteiger partial charge on any atom is -0.346 e. The molecule has 2 aromatic heterocycles. The monoisotopic (exact) mass is 295 g/mol. The SMILES string of the molecule is CCn1cnnc1[C@@H](C)NC(=O)CSc1n[nH]c(C)n1. The lowest BCUT2D eigenvalue weighted by Gasteiger charge is -2.13. The fourth-order valence-corrected chi connectivity index (χ4v) is 2.36. The van der Waals surface area contributed by atoms with Crippen LogP contribution >= 0.6 is 11.8 Å². The molecule has 0 unspecified atom stereocenters. The van der Waals surface area contributed by atoms with E-state index in [4.69, 9.17) is 0 Å². The lowest BCUT2D eigenvalue weighted by Crippen LogP contribution is -2.30. The molecule has 2 aromatic rings. The second kappa shape index (κ2) is 6.51. The van der Waals surface area contributed by atoms with Gasteiger partial charge in [0.2, 0.25) is 11.1 Å². The van der Waals surface area contributed by atoms with Crippen LogP contribution in [0.4, 0.5) is 0 Å². The molecule has 20 heavy (non-hydrogen) atoms. The van der Waals surface area contributed by atoms with Gasteiger partial charge in [-0.1, -0.05) is 11.8 Å². The number of nitrogens with one attached hydrogen (secondary N) is 2. The van der Waals surface area contributed by atoms with Gasteiger partial charge in [-0.2, -0.15) is 0 Å². The smallest absolute Gasteiger partial charge is 0.231 e. The van der Waals surface area contributed by atoms with E-state index in [0.717, 1.165) is 18.2 Å². The largest absolute Gasteiger partial charge is 0.346 e. The molecule has 1 amide bonds. The number of amides is 1. The van der Waals surface area contributed by atoms with Crippen LogP contribution in [0.2, 0.25) is 0 Å². The molecule has 2 heterocycles. The molecule has 0 saturated heterocycles. The van der Waals surface area contributed by atoms with Gasteiger partial charge in [-0.3, -0.25) is 9.89 Å². The van der Waals surface area contributed by atoms with Gasteiger partial charge in [-0.05, 0) is 20.8 Å². The number of carbonyl (C=O) groups is 1. The summed E-state index contributed by atoms with van der Waals surface area (Å²) >= 11 is 1.29. The number of thioether (sulfide) groups is 1. The van der Waals surface area contributed by atoms with E-state index >= 15 is 0 Å². The molecule has 0 aliphatic carbocycles. The average Bonchev–Trinajstić information content (AvgIpc) is 3.04. The molecule has 0 saturated carbocycles. The predicted molar refractivity (Wildman–Crippen MR) is 74.1 cm³/mol. The van der Waals surface area contributed by atoms with Crippen LogP contribution in [-0.4, -0.2) is 41.6 Å². The van der Waals surface area contributed by atoms with Crippen LogP contribution in [0.1, 0.15) is 31.5 Å². The highest BCUT2D eigenvalue weighted by Crippen LogP contribution is 2.13. The molecule has 0 aliphatic heterocycles. The minimum atomic E-state index is -0.181. The number of aromatic nitrogens is 6. The van der Waals surface area contributed by atoms with Crippen molar-refractivity contribution in [1.29, 1.82) is 0 Å². The zero-order chi connectivity index (χ0) is 14.5. The summed E-state index contributed by atoms with van der Waals surface area (Å²) in [6.07, 6.45) is 1.66. The Labute approximate surface area is 120 Å². The highest BCUT2D eigenvalue weighted by atomic mass is 32.2. The summed E-state index contributed by atoms with van der Waals surface area (Å²) < 4.78 is 1.90. The number of H-pyrrole nitrogens is 1. The highest BCUT2D eigenvalue weighted by Gasteiger charge is 2.15. The van der Waals surface area contributed by atoms with Crippen LogP contribution in [0, 0.1) is 6.92 Å². The molecule has 2 rings (SSSR count). The Bertz CT molecular complexity index is 579. The molecule has 0 fully saturated rings. The third-order valence-corrected chi connectivity index (χ3v) is 3.51. The van der Waals surface area contributed by atoms with E-state index < -0.39 is 0 Å². The summed E-state index contributed by atoms with van der Waals surface area (Å²) in [5, 5.41) is 18.0. The topological polar surface area (TPSA) is 101 Å². The van der Waals surface area contributed by atoms with Gasteiger partial charge in [0.15, 0.2) is 5.82 Å². The van der Waals surface area contributed by atoms with Gasteiger partial charge in [-0.15, -0.1) is 15.3 Å². The molecule has 0 radical (unpaired) electrons. The van der Waals surface area contributed by atoms with Gasteiger partial charge in [0.05, 0.1) is 11.8 Å². The molecule has 0 aliphatic rings. The van der Waals surface area contributed by atoms with Crippen molar-refractivity contribution >= 4 is 17.7 Å². The van der Waals surface area contributed by atoms with Crippen molar-refractivity contribution in [1.82, 2.24) is 35.3 Å². The molecule has 1 atom stereocenters. The standard InChI is InChI=1S/C11H17N7OS/c1-4-18-6-12-16-10(18)7(2)13-9(19)5-20-11-14-8(3)15-17-11/h6-7H,4-5H2,1-3H3,(H,13,19)(H,14,15,17)/t7-/m1/s1. The van der Waals surface area contributed by atoms with Gasteiger partial charge in [0.1, 0.15) is 12.2 Å². The first-order chi connectivity index (χ1) is 9.60. The maximum atomic E-state index is 11.9. The third-order valence-electron chi connectivity index (χ3n) is 2.66. The van der Waals surface area contributed by atoms with E-state index in [-0.39, 0.29) is 17.7 Å². The number of aromatic amines is 1. The van der Waals surface area contributed by atoms with E-state index in [1.54, 1.807) is 6.33 Å². The molecule has 0 spiro atoms. The van der Waals surface area contributed by atoms with Crippen LogP contribution in [0.25, 0.3) is 0 Å². The van der Waals surface area contributed by atoms with Crippen molar-refractivity contribution in [2.75, 3.05) is 5.75 Å². The van der Waals surface area contributed by atoms with Gasteiger partial charge < -0.3 is 9.88 Å². The van der Waals surface area contributed by atoms with E-state index in [1.807, 2.05) is 25.3 Å². The van der Waals surface area contributed by atoms with Gasteiger partial charge in [0, 0.05) is 6.54 Å². The Balaban J connectivity index is 1.85. The van der Waals surface area contributed by atoms with Crippen molar-refractivity contribution in [2.24, 2.45) is 0 Å². The average molecular weight is 295 g/mol. The normalized spacial score (nSPS) is 12.3. The van der Waals surface area contributed by atoms with E-state index in [1.165, 1.54) is 11.8 Å². The van der Waals surface area contributed by atoms with Crippen molar-refractivity contribution in [3.05, 3.63) is 18.0 Å². The maximum absolute atomic E-state index is 11.9. The van der Waals surface area contributed by atoms with E-state index in [9.17, 15) is 4.79 Å². The molecule has 8 nitrogen and oxygen atoms in total. The van der Waals surface area contributed by atoms with Gasteiger partial charge >= 0.3 is 0 Å². The minimum absolute atomic E-state index is 0.0874. The number of carbonyl (C=O) groups excluding carboxylic acids is 1. The summed E-state index contributed by atoms with van der Waals surface area (Å²) in [6.45, 7) is 6.48. The Hall–Kier alpha value is -1.90. The summed E-state index contributed by atoms with van der Waals surface area (Å²) in [5.74, 6) is 1.66. The Morgan fingerprint density at radius 1 is 1.60 bits per heavy atom. The van der Waals surface area contributed by atoms with Crippen LogP contribution in [-0.2, 0) is 11.3 Å². The number of rotatable bonds is 6. The second-order valence-corrected chi connectivity index (χ2v) is 5.20. The fourth-order valence-electron chi connectivity index (χ4n) is 1.71. The number of hydrogen-bond donors (Lipinski definition) is 2. The number of nitrogens with zero attached hydrogens (tertiary/aromatic N) is 5. The maximum Gasteiger partial charge on any atom is 0.231 e. The van der Waals surface area contributed by atoms with Crippen molar-refractivity contribution < 1.29 is 4.79 Å². The van der Waals surface area contributed by atoms with Crippen LogP contribution in [0.3, 0.4) is 0 Å². The Kier molecular flexibility index (Phi) is 4.72. The zero-order valence-corrected chi connectivity index (χ0v) is 12.4. The van der Waals surface area contributed by atoms with Crippen molar-refractivity contribution in [3.63, 3.8) is 0 Å². The van der Waals surface area contributed by atoms with Crippen LogP contribution in [0.5, 0.6) is 0 Å². The molecule has 108 valence electrons. The quantitative estimate of drug-likeness (QED) is 0.760. The van der Waals surface area contributed by atoms with Crippen LogP contribution in [0.15, 0.2) is 11.5 Å². The molecule has 9 heteroatoms. The van der Waals surface area contributed by atoms with Gasteiger partial charge in [0.25, 0.3) is 0 Å². The number of hydrogen-bond acceptors (Lipinski definition) is 6. The summed E-state index contributed by atoms with van der Waals surface area (Å²) in [7, 11) is 0. The molecule has 0 bridgehead atoms. The van der Waals surface area contributed by atoms with E-state index in [0.29, 0.717) is 5.16 Å². The van der Waals surface area contributed by atoms with Crippen LogP contribution < -0.4 is 5.32 Å². The first-order valence-corrected chi connectivity index (χ1v) is 7.27. The Morgan fingerprint density at radius 3 is 3.05 bits per heavy atom. The summed E-state index contributed by atoms with van der Waals surface area (Å²) in [5.41, 5.74) is 0. The second-order valence-electron chi connectivity index (χ2n) is 4.26. The molecular formula is C11H17N7OS.